The lowest BCUT2D eigenvalue weighted by molar-refractivity contribution is -0.170. The third-order valence-corrected chi connectivity index (χ3v) is 3.52. The second-order valence-corrected chi connectivity index (χ2v) is 4.96. The number of rotatable bonds is 4. The number of hydrogen-bond acceptors (Lipinski definition) is 5. The molecule has 0 saturated carbocycles. The van der Waals surface area contributed by atoms with Crippen LogP contribution >= 0.6 is 0 Å². The molecule has 1 heterocycles. The van der Waals surface area contributed by atoms with Gasteiger partial charge in [-0.15, -0.1) is 5.06 Å². The van der Waals surface area contributed by atoms with E-state index >= 15 is 0 Å². The monoisotopic (exact) mass is 289 g/mol. The number of carbonyl (C=O) groups excluding carboxylic acids is 2. The molecule has 0 N–H and O–H groups in total. The van der Waals surface area contributed by atoms with Crippen molar-refractivity contribution in [1.82, 2.24) is 5.06 Å². The van der Waals surface area contributed by atoms with Crippen molar-refractivity contribution in [2.45, 2.75) is 19.9 Å². The van der Waals surface area contributed by atoms with Gasteiger partial charge in [0.15, 0.2) is 0 Å². The standard InChI is InChI=1S/C16H19NO4/c1-4-20-16(19)14-12(3)11(2)10-17(14)21-15(18)13-8-6-5-7-9-13/h5-9,12,14H,2,4,10H2,1,3H3. The molecule has 2 atom stereocenters. The topological polar surface area (TPSA) is 55.8 Å². The van der Waals surface area contributed by atoms with Gasteiger partial charge in [0.25, 0.3) is 0 Å². The van der Waals surface area contributed by atoms with Crippen LogP contribution in [0, 0.1) is 5.92 Å². The average molecular weight is 289 g/mol. The van der Waals surface area contributed by atoms with Gasteiger partial charge in [-0.25, -0.2) is 4.79 Å². The third kappa shape index (κ3) is 3.31. The van der Waals surface area contributed by atoms with E-state index in [1.165, 1.54) is 5.06 Å². The van der Waals surface area contributed by atoms with Crippen molar-refractivity contribution in [2.75, 3.05) is 13.2 Å². The van der Waals surface area contributed by atoms with Gasteiger partial charge in [-0.2, -0.15) is 0 Å². The van der Waals surface area contributed by atoms with Gasteiger partial charge < -0.3 is 9.57 Å². The van der Waals surface area contributed by atoms with Gasteiger partial charge in [-0.3, -0.25) is 4.79 Å². The predicted octanol–water partition coefficient (Wildman–Crippen LogP) is 2.20. The first-order valence-electron chi connectivity index (χ1n) is 6.93. The highest BCUT2D eigenvalue weighted by Crippen LogP contribution is 2.29. The molecule has 112 valence electrons. The number of benzene rings is 1. The van der Waals surface area contributed by atoms with E-state index in [9.17, 15) is 9.59 Å². The van der Waals surface area contributed by atoms with Gasteiger partial charge >= 0.3 is 11.9 Å². The van der Waals surface area contributed by atoms with E-state index < -0.39 is 18.0 Å². The Balaban J connectivity index is 2.12. The second kappa shape index (κ2) is 6.54. The quantitative estimate of drug-likeness (QED) is 0.628. The molecule has 1 aliphatic heterocycles. The van der Waals surface area contributed by atoms with E-state index in [4.69, 9.17) is 9.57 Å². The largest absolute Gasteiger partial charge is 0.465 e. The molecule has 21 heavy (non-hydrogen) atoms. The fraction of sp³-hybridized carbons (Fsp3) is 0.375. The zero-order chi connectivity index (χ0) is 15.4. The number of carbonyl (C=O) groups is 2. The second-order valence-electron chi connectivity index (χ2n) is 4.96. The average Bonchev–Trinajstić information content (AvgIpc) is 2.75. The van der Waals surface area contributed by atoms with Crippen LogP contribution in [0.2, 0.25) is 0 Å². The van der Waals surface area contributed by atoms with Crippen molar-refractivity contribution >= 4 is 11.9 Å². The smallest absolute Gasteiger partial charge is 0.357 e. The van der Waals surface area contributed by atoms with Crippen LogP contribution in [0.4, 0.5) is 0 Å². The molecule has 0 amide bonds. The maximum absolute atomic E-state index is 12.1. The first-order valence-corrected chi connectivity index (χ1v) is 6.93. The summed E-state index contributed by atoms with van der Waals surface area (Å²) in [5.74, 6) is -1.01. The Bertz CT molecular complexity index is 540. The van der Waals surface area contributed by atoms with Crippen LogP contribution in [0.1, 0.15) is 24.2 Å². The Morgan fingerprint density at radius 1 is 1.33 bits per heavy atom. The first-order chi connectivity index (χ1) is 10.0. The maximum atomic E-state index is 12.1. The minimum atomic E-state index is -0.634. The van der Waals surface area contributed by atoms with Crippen LogP contribution in [0.25, 0.3) is 0 Å². The molecular formula is C16H19NO4. The highest BCUT2D eigenvalue weighted by Gasteiger charge is 2.42. The predicted molar refractivity (Wildman–Crippen MR) is 77.3 cm³/mol. The summed E-state index contributed by atoms with van der Waals surface area (Å²) in [6.45, 7) is 8.16. The Morgan fingerprint density at radius 2 is 2.00 bits per heavy atom. The highest BCUT2D eigenvalue weighted by atomic mass is 16.7. The lowest BCUT2D eigenvalue weighted by Gasteiger charge is -2.23. The number of nitrogens with zero attached hydrogens (tertiary/aromatic N) is 1. The lowest BCUT2D eigenvalue weighted by atomic mass is 10.00. The SMILES string of the molecule is C=C1CN(OC(=O)c2ccccc2)C(C(=O)OCC)C1C. The number of hydroxylamine groups is 2. The lowest BCUT2D eigenvalue weighted by Crippen LogP contribution is -2.41. The summed E-state index contributed by atoms with van der Waals surface area (Å²) >= 11 is 0. The summed E-state index contributed by atoms with van der Waals surface area (Å²) in [5.41, 5.74) is 1.28. The third-order valence-electron chi connectivity index (χ3n) is 3.52. The van der Waals surface area contributed by atoms with Crippen molar-refractivity contribution in [1.29, 1.82) is 0 Å². The fourth-order valence-electron chi connectivity index (χ4n) is 2.29. The van der Waals surface area contributed by atoms with E-state index in [1.807, 2.05) is 13.0 Å². The molecule has 1 aliphatic rings. The van der Waals surface area contributed by atoms with Gasteiger partial charge in [0, 0.05) is 5.92 Å². The Hall–Kier alpha value is -2.14. The van der Waals surface area contributed by atoms with E-state index in [2.05, 4.69) is 6.58 Å². The van der Waals surface area contributed by atoms with Crippen molar-refractivity contribution in [3.63, 3.8) is 0 Å². The summed E-state index contributed by atoms with van der Waals surface area (Å²) in [7, 11) is 0. The Labute approximate surface area is 124 Å². The molecule has 1 aromatic rings. The molecular weight excluding hydrogens is 270 g/mol. The summed E-state index contributed by atoms with van der Waals surface area (Å²) in [6, 6.07) is 8.02. The summed E-state index contributed by atoms with van der Waals surface area (Å²) in [4.78, 5) is 29.5. The van der Waals surface area contributed by atoms with Crippen molar-refractivity contribution in [3.05, 3.63) is 48.0 Å². The molecule has 1 aromatic carbocycles. The molecule has 0 spiro atoms. The molecule has 2 rings (SSSR count). The van der Waals surface area contributed by atoms with E-state index in [1.54, 1.807) is 31.2 Å². The Morgan fingerprint density at radius 3 is 2.62 bits per heavy atom. The summed E-state index contributed by atoms with van der Waals surface area (Å²) < 4.78 is 5.05. The van der Waals surface area contributed by atoms with E-state index in [0.717, 1.165) is 5.57 Å². The fourth-order valence-corrected chi connectivity index (χ4v) is 2.29. The van der Waals surface area contributed by atoms with Crippen LogP contribution in [0.15, 0.2) is 42.5 Å². The first kappa shape index (κ1) is 15.3. The van der Waals surface area contributed by atoms with Crippen LogP contribution < -0.4 is 0 Å². The molecule has 0 aromatic heterocycles. The maximum Gasteiger partial charge on any atom is 0.357 e. The van der Waals surface area contributed by atoms with E-state index in [-0.39, 0.29) is 12.5 Å². The summed E-state index contributed by atoms with van der Waals surface area (Å²) in [6.07, 6.45) is 0. The molecule has 0 radical (unpaired) electrons. The number of esters is 1. The van der Waals surface area contributed by atoms with Crippen LogP contribution in [0.3, 0.4) is 0 Å². The van der Waals surface area contributed by atoms with Gasteiger partial charge in [-0.1, -0.05) is 37.3 Å². The van der Waals surface area contributed by atoms with Crippen molar-refractivity contribution < 1.29 is 19.2 Å². The van der Waals surface area contributed by atoms with Gasteiger partial charge in [0.2, 0.25) is 0 Å². The normalized spacial score (nSPS) is 22.1. The van der Waals surface area contributed by atoms with Gasteiger partial charge in [0.1, 0.15) is 6.04 Å². The Kier molecular flexibility index (Phi) is 4.75. The molecule has 2 unspecified atom stereocenters. The minimum absolute atomic E-state index is 0.118. The van der Waals surface area contributed by atoms with Gasteiger partial charge in [-0.05, 0) is 19.1 Å². The molecule has 0 bridgehead atoms. The van der Waals surface area contributed by atoms with E-state index in [0.29, 0.717) is 12.1 Å². The number of ether oxygens (including phenoxy) is 1. The molecule has 0 aliphatic carbocycles. The van der Waals surface area contributed by atoms with Crippen LogP contribution in [-0.4, -0.2) is 36.2 Å². The molecule has 5 nitrogen and oxygen atoms in total. The number of hydrogen-bond donors (Lipinski definition) is 0. The van der Waals surface area contributed by atoms with Gasteiger partial charge in [0.05, 0.1) is 18.7 Å². The molecule has 1 fully saturated rings. The van der Waals surface area contributed by atoms with Crippen molar-refractivity contribution in [3.8, 4) is 0 Å². The zero-order valence-corrected chi connectivity index (χ0v) is 12.2. The van der Waals surface area contributed by atoms with Crippen LogP contribution in [-0.2, 0) is 14.4 Å². The summed E-state index contributed by atoms with van der Waals surface area (Å²) in [5, 5.41) is 1.36. The van der Waals surface area contributed by atoms with Crippen LogP contribution in [0.5, 0.6) is 0 Å². The molecule has 1 saturated heterocycles. The van der Waals surface area contributed by atoms with Crippen molar-refractivity contribution in [2.24, 2.45) is 5.92 Å². The highest BCUT2D eigenvalue weighted by molar-refractivity contribution is 5.89. The minimum Gasteiger partial charge on any atom is -0.465 e. The zero-order valence-electron chi connectivity index (χ0n) is 12.2. The molecule has 5 heteroatoms.